The standard InChI is InChI=1S/C24H22N4O3/c1-14-8-20-19(9-18(14)24(30)27-11-15-4-2-3-5-16(15)12-27)26-23(29)21-10-25-22(28(20)21)17-6-7-31-13-17/h2-5,8-10,17H,6-7,11-13H2,1H3,(H,26,29). The Morgan fingerprint density at radius 1 is 1.16 bits per heavy atom. The smallest absolute Gasteiger partial charge is 0.274 e. The molecule has 31 heavy (non-hydrogen) atoms. The summed E-state index contributed by atoms with van der Waals surface area (Å²) < 4.78 is 7.47. The van der Waals surface area contributed by atoms with E-state index in [-0.39, 0.29) is 17.4 Å². The Bertz CT molecular complexity index is 1390. The Labute approximate surface area is 178 Å². The van der Waals surface area contributed by atoms with Crippen LogP contribution < -0.4 is 5.56 Å². The van der Waals surface area contributed by atoms with Crippen LogP contribution in [-0.2, 0) is 17.8 Å². The van der Waals surface area contributed by atoms with Crippen molar-refractivity contribution >= 4 is 22.5 Å². The van der Waals surface area contributed by atoms with Crippen molar-refractivity contribution in [2.75, 3.05) is 13.2 Å². The molecule has 1 fully saturated rings. The van der Waals surface area contributed by atoms with Gasteiger partial charge in [0.2, 0.25) is 0 Å². The van der Waals surface area contributed by atoms with Crippen LogP contribution in [0.5, 0.6) is 0 Å². The van der Waals surface area contributed by atoms with Gasteiger partial charge in [-0.1, -0.05) is 24.3 Å². The first kappa shape index (κ1) is 18.3. The number of nitrogens with zero attached hydrogens (tertiary/aromatic N) is 3. The number of hydrogen-bond acceptors (Lipinski definition) is 4. The summed E-state index contributed by atoms with van der Waals surface area (Å²) in [7, 11) is 0. The Morgan fingerprint density at radius 3 is 2.65 bits per heavy atom. The molecule has 2 aliphatic heterocycles. The van der Waals surface area contributed by atoms with Crippen molar-refractivity contribution in [1.82, 2.24) is 19.3 Å². The molecular formula is C24H22N4O3. The van der Waals surface area contributed by atoms with Gasteiger partial charge < -0.3 is 14.6 Å². The third-order valence-corrected chi connectivity index (χ3v) is 6.51. The van der Waals surface area contributed by atoms with Crippen LogP contribution in [0, 0.1) is 6.92 Å². The molecule has 0 aliphatic carbocycles. The fourth-order valence-electron chi connectivity index (χ4n) is 4.85. The molecule has 1 atom stereocenters. The second-order valence-electron chi connectivity index (χ2n) is 8.47. The number of hydrogen-bond donors (Lipinski definition) is 1. The Balaban J connectivity index is 1.47. The third-order valence-electron chi connectivity index (χ3n) is 6.51. The highest BCUT2D eigenvalue weighted by Gasteiger charge is 2.27. The van der Waals surface area contributed by atoms with E-state index in [1.165, 1.54) is 11.1 Å². The largest absolute Gasteiger partial charge is 0.381 e. The van der Waals surface area contributed by atoms with Crippen LogP contribution in [-0.4, -0.2) is 38.4 Å². The number of carbonyl (C=O) groups excluding carboxylic acids is 1. The molecule has 0 bridgehead atoms. The molecule has 7 nitrogen and oxygen atoms in total. The molecule has 1 saturated heterocycles. The van der Waals surface area contributed by atoms with Crippen molar-refractivity contribution in [1.29, 1.82) is 0 Å². The summed E-state index contributed by atoms with van der Waals surface area (Å²) in [6, 6.07) is 11.9. The van der Waals surface area contributed by atoms with Gasteiger partial charge in [-0.25, -0.2) is 4.98 Å². The van der Waals surface area contributed by atoms with E-state index in [9.17, 15) is 9.59 Å². The highest BCUT2D eigenvalue weighted by molar-refractivity contribution is 5.99. The van der Waals surface area contributed by atoms with Gasteiger partial charge in [0.25, 0.3) is 11.5 Å². The van der Waals surface area contributed by atoms with Crippen LogP contribution in [0.1, 0.15) is 45.2 Å². The number of nitrogens with one attached hydrogen (secondary N) is 1. The van der Waals surface area contributed by atoms with Crippen LogP contribution in [0.2, 0.25) is 0 Å². The number of amides is 1. The second kappa shape index (κ2) is 6.78. The quantitative estimate of drug-likeness (QED) is 0.547. The molecule has 2 aromatic carbocycles. The van der Waals surface area contributed by atoms with Crippen molar-refractivity contribution in [3.63, 3.8) is 0 Å². The molecule has 4 aromatic rings. The number of benzene rings is 2. The van der Waals surface area contributed by atoms with Crippen LogP contribution in [0.4, 0.5) is 0 Å². The van der Waals surface area contributed by atoms with Gasteiger partial charge in [-0.15, -0.1) is 0 Å². The first-order valence-electron chi connectivity index (χ1n) is 10.6. The fourth-order valence-corrected chi connectivity index (χ4v) is 4.85. The number of fused-ring (bicyclic) bond motifs is 4. The topological polar surface area (TPSA) is 79.7 Å². The van der Waals surface area contributed by atoms with Gasteiger partial charge in [-0.2, -0.15) is 0 Å². The number of aromatic amines is 1. The van der Waals surface area contributed by atoms with Crippen molar-refractivity contribution in [2.45, 2.75) is 32.4 Å². The van der Waals surface area contributed by atoms with Gasteiger partial charge in [-0.3, -0.25) is 14.0 Å². The molecule has 7 heteroatoms. The lowest BCUT2D eigenvalue weighted by Crippen LogP contribution is -2.26. The van der Waals surface area contributed by atoms with E-state index in [1.54, 1.807) is 6.20 Å². The number of ether oxygens (including phenoxy) is 1. The SMILES string of the molecule is Cc1cc2c(cc1C(=O)N1Cc3ccccc3C1)[nH]c(=O)c1cnc(C3CCOC3)n12. The zero-order chi connectivity index (χ0) is 21.1. The summed E-state index contributed by atoms with van der Waals surface area (Å²) in [6.07, 6.45) is 2.51. The lowest BCUT2D eigenvalue weighted by molar-refractivity contribution is 0.0751. The molecule has 0 spiro atoms. The minimum absolute atomic E-state index is 0.0217. The number of carbonyl (C=O) groups is 1. The second-order valence-corrected chi connectivity index (χ2v) is 8.47. The molecule has 0 saturated carbocycles. The van der Waals surface area contributed by atoms with Crippen molar-refractivity contribution in [2.24, 2.45) is 0 Å². The molecule has 156 valence electrons. The summed E-state index contributed by atoms with van der Waals surface area (Å²) >= 11 is 0. The molecular weight excluding hydrogens is 392 g/mol. The molecule has 6 rings (SSSR count). The van der Waals surface area contributed by atoms with Crippen LogP contribution in [0.3, 0.4) is 0 Å². The number of H-pyrrole nitrogens is 1. The predicted molar refractivity (Wildman–Crippen MR) is 116 cm³/mol. The van der Waals surface area contributed by atoms with E-state index >= 15 is 0 Å². The number of aryl methyl sites for hydroxylation is 1. The van der Waals surface area contributed by atoms with E-state index in [1.807, 2.05) is 40.5 Å². The van der Waals surface area contributed by atoms with Crippen LogP contribution in [0.25, 0.3) is 16.6 Å². The van der Waals surface area contributed by atoms with Crippen molar-refractivity contribution in [3.8, 4) is 0 Å². The van der Waals surface area contributed by atoms with Crippen LogP contribution >= 0.6 is 0 Å². The third kappa shape index (κ3) is 2.80. The van der Waals surface area contributed by atoms with E-state index in [0.29, 0.717) is 42.9 Å². The highest BCUT2D eigenvalue weighted by Crippen LogP contribution is 2.29. The van der Waals surface area contributed by atoms with Crippen molar-refractivity contribution in [3.05, 3.63) is 81.0 Å². The zero-order valence-electron chi connectivity index (χ0n) is 17.2. The summed E-state index contributed by atoms with van der Waals surface area (Å²) in [4.78, 5) is 35.5. The Hall–Kier alpha value is -3.45. The maximum Gasteiger partial charge on any atom is 0.274 e. The molecule has 4 heterocycles. The van der Waals surface area contributed by atoms with E-state index in [0.717, 1.165) is 23.3 Å². The molecule has 1 amide bonds. The van der Waals surface area contributed by atoms with Gasteiger partial charge >= 0.3 is 0 Å². The summed E-state index contributed by atoms with van der Waals surface area (Å²) in [6.45, 7) is 4.47. The summed E-state index contributed by atoms with van der Waals surface area (Å²) in [5, 5.41) is 0. The van der Waals surface area contributed by atoms with Gasteiger partial charge in [0.15, 0.2) is 0 Å². The fraction of sp³-hybridized carbons (Fsp3) is 0.292. The lowest BCUT2D eigenvalue weighted by atomic mass is 10.0. The van der Waals surface area contributed by atoms with E-state index in [2.05, 4.69) is 22.1 Å². The number of imidazole rings is 1. The Kier molecular flexibility index (Phi) is 4.01. The van der Waals surface area contributed by atoms with Crippen molar-refractivity contribution < 1.29 is 9.53 Å². The normalized spacial score (nSPS) is 18.2. The van der Waals surface area contributed by atoms with E-state index < -0.39 is 0 Å². The number of aromatic nitrogens is 3. The molecule has 0 radical (unpaired) electrons. The zero-order valence-corrected chi connectivity index (χ0v) is 17.2. The molecule has 2 aromatic heterocycles. The maximum atomic E-state index is 13.4. The van der Waals surface area contributed by atoms with Gasteiger partial charge in [0.05, 0.1) is 23.8 Å². The summed E-state index contributed by atoms with van der Waals surface area (Å²) in [5.41, 5.74) is 5.67. The summed E-state index contributed by atoms with van der Waals surface area (Å²) in [5.74, 6) is 0.987. The average molecular weight is 414 g/mol. The lowest BCUT2D eigenvalue weighted by Gasteiger charge is -2.18. The van der Waals surface area contributed by atoms with Gasteiger partial charge in [0, 0.05) is 31.2 Å². The molecule has 1 unspecified atom stereocenters. The maximum absolute atomic E-state index is 13.4. The van der Waals surface area contributed by atoms with Gasteiger partial charge in [-0.05, 0) is 42.2 Å². The molecule has 1 N–H and O–H groups in total. The highest BCUT2D eigenvalue weighted by atomic mass is 16.5. The average Bonchev–Trinajstić information content (AvgIpc) is 3.51. The molecule has 2 aliphatic rings. The first-order chi connectivity index (χ1) is 15.1. The predicted octanol–water partition coefficient (Wildman–Crippen LogP) is 3.14. The van der Waals surface area contributed by atoms with Crippen LogP contribution in [0.15, 0.2) is 47.4 Å². The minimum Gasteiger partial charge on any atom is -0.381 e. The monoisotopic (exact) mass is 414 g/mol. The first-order valence-corrected chi connectivity index (χ1v) is 10.6. The minimum atomic E-state index is -0.207. The van der Waals surface area contributed by atoms with E-state index in [4.69, 9.17) is 4.74 Å². The Morgan fingerprint density at radius 2 is 1.94 bits per heavy atom. The van der Waals surface area contributed by atoms with Gasteiger partial charge in [0.1, 0.15) is 11.3 Å². The number of rotatable bonds is 2.